The highest BCUT2D eigenvalue weighted by Crippen LogP contribution is 2.15. The summed E-state index contributed by atoms with van der Waals surface area (Å²) in [5, 5.41) is 0. The molecule has 4 nitrogen and oxygen atoms in total. The molecule has 0 aliphatic heterocycles. The summed E-state index contributed by atoms with van der Waals surface area (Å²) in [6.45, 7) is 0. The fraction of sp³-hybridized carbons (Fsp3) is 1.00. The highest BCUT2D eigenvalue weighted by molar-refractivity contribution is 4.51. The SMILES string of the molecule is C1CCCCCCCCCCC1.N.N.N.N. The van der Waals surface area contributed by atoms with Crippen molar-refractivity contribution in [3.63, 3.8) is 0 Å². The Morgan fingerprint density at radius 2 is 0.250 bits per heavy atom. The molecular weight excluding hydrogens is 200 g/mol. The minimum atomic E-state index is 0. The third-order valence-electron chi connectivity index (χ3n) is 3.00. The summed E-state index contributed by atoms with van der Waals surface area (Å²) >= 11 is 0. The number of hydrogen-bond acceptors (Lipinski definition) is 4. The third kappa shape index (κ3) is 16.3. The first-order valence-electron chi connectivity index (χ1n) is 6.00. The van der Waals surface area contributed by atoms with E-state index in [1.165, 1.54) is 77.0 Å². The van der Waals surface area contributed by atoms with Crippen molar-refractivity contribution in [2.45, 2.75) is 77.0 Å². The second-order valence-electron chi connectivity index (χ2n) is 4.24. The van der Waals surface area contributed by atoms with Crippen molar-refractivity contribution in [2.24, 2.45) is 0 Å². The molecule has 16 heavy (non-hydrogen) atoms. The molecule has 0 heterocycles. The van der Waals surface area contributed by atoms with Gasteiger partial charge in [-0.15, -0.1) is 0 Å². The van der Waals surface area contributed by atoms with E-state index in [1.807, 2.05) is 0 Å². The Hall–Kier alpha value is -0.160. The molecule has 1 fully saturated rings. The van der Waals surface area contributed by atoms with Crippen LogP contribution in [0.1, 0.15) is 77.0 Å². The zero-order valence-corrected chi connectivity index (χ0v) is 11.3. The van der Waals surface area contributed by atoms with Crippen LogP contribution in [0.15, 0.2) is 0 Å². The van der Waals surface area contributed by atoms with Crippen LogP contribution in [0.4, 0.5) is 0 Å². The molecule has 0 aromatic rings. The molecule has 0 amide bonds. The fourth-order valence-electron chi connectivity index (χ4n) is 2.12. The average molecular weight is 236 g/mol. The second-order valence-corrected chi connectivity index (χ2v) is 4.24. The van der Waals surface area contributed by atoms with Crippen molar-refractivity contribution in [2.75, 3.05) is 0 Å². The van der Waals surface area contributed by atoms with Crippen molar-refractivity contribution in [3.05, 3.63) is 0 Å². The highest BCUT2D eigenvalue weighted by Gasteiger charge is 1.96. The van der Waals surface area contributed by atoms with Gasteiger partial charge in [-0.3, -0.25) is 0 Å². The Labute approximate surface area is 102 Å². The average Bonchev–Trinajstić information content (AvgIpc) is 2.05. The fourth-order valence-corrected chi connectivity index (χ4v) is 2.12. The molecule has 1 aliphatic carbocycles. The summed E-state index contributed by atoms with van der Waals surface area (Å²) in [7, 11) is 0. The van der Waals surface area contributed by atoms with Gasteiger partial charge in [0.1, 0.15) is 0 Å². The van der Waals surface area contributed by atoms with E-state index in [4.69, 9.17) is 0 Å². The van der Waals surface area contributed by atoms with Crippen LogP contribution in [0.3, 0.4) is 0 Å². The van der Waals surface area contributed by atoms with Crippen LogP contribution in [0.25, 0.3) is 0 Å². The molecule has 0 atom stereocenters. The zero-order valence-electron chi connectivity index (χ0n) is 11.3. The van der Waals surface area contributed by atoms with Crippen LogP contribution in [-0.4, -0.2) is 0 Å². The van der Waals surface area contributed by atoms with Gasteiger partial charge < -0.3 is 24.6 Å². The van der Waals surface area contributed by atoms with Gasteiger partial charge in [0.05, 0.1) is 0 Å². The van der Waals surface area contributed by atoms with E-state index in [1.54, 1.807) is 0 Å². The van der Waals surface area contributed by atoms with Gasteiger partial charge in [-0.1, -0.05) is 77.0 Å². The van der Waals surface area contributed by atoms with Crippen LogP contribution in [0.5, 0.6) is 0 Å². The van der Waals surface area contributed by atoms with Gasteiger partial charge >= 0.3 is 0 Å². The first kappa shape index (κ1) is 24.9. The van der Waals surface area contributed by atoms with Crippen LogP contribution >= 0.6 is 0 Å². The molecule has 4 heteroatoms. The van der Waals surface area contributed by atoms with E-state index in [0.717, 1.165) is 0 Å². The molecule has 12 N–H and O–H groups in total. The van der Waals surface area contributed by atoms with E-state index >= 15 is 0 Å². The van der Waals surface area contributed by atoms with Crippen LogP contribution in [0, 0.1) is 0 Å². The smallest absolute Gasteiger partial charge is 0.0533 e. The molecule has 1 rings (SSSR count). The van der Waals surface area contributed by atoms with Gasteiger partial charge in [-0.05, 0) is 0 Å². The summed E-state index contributed by atoms with van der Waals surface area (Å²) < 4.78 is 0. The summed E-state index contributed by atoms with van der Waals surface area (Å²) in [5.74, 6) is 0. The first-order valence-corrected chi connectivity index (χ1v) is 6.00. The van der Waals surface area contributed by atoms with E-state index in [2.05, 4.69) is 0 Å². The van der Waals surface area contributed by atoms with Gasteiger partial charge in [0.25, 0.3) is 0 Å². The molecule has 0 unspecified atom stereocenters. The molecule has 0 saturated heterocycles. The maximum absolute atomic E-state index is 1.50. The minimum absolute atomic E-state index is 0. The summed E-state index contributed by atoms with van der Waals surface area (Å²) in [6, 6.07) is 0. The monoisotopic (exact) mass is 236 g/mol. The van der Waals surface area contributed by atoms with Gasteiger partial charge in [-0.2, -0.15) is 0 Å². The van der Waals surface area contributed by atoms with Crippen molar-refractivity contribution in [1.82, 2.24) is 24.6 Å². The van der Waals surface area contributed by atoms with E-state index in [0.29, 0.717) is 0 Å². The lowest BCUT2D eigenvalue weighted by atomic mass is 10.0. The third-order valence-corrected chi connectivity index (χ3v) is 3.00. The number of hydrogen-bond donors (Lipinski definition) is 4. The van der Waals surface area contributed by atoms with Crippen molar-refractivity contribution >= 4 is 0 Å². The lowest BCUT2D eigenvalue weighted by Gasteiger charge is -2.05. The molecule has 1 aliphatic rings. The minimum Gasteiger partial charge on any atom is -0.344 e. The quantitative estimate of drug-likeness (QED) is 0.451. The Morgan fingerprint density at radius 1 is 0.188 bits per heavy atom. The summed E-state index contributed by atoms with van der Waals surface area (Å²) in [4.78, 5) is 0. The second kappa shape index (κ2) is 20.3. The maximum Gasteiger partial charge on any atom is -0.0533 e. The maximum atomic E-state index is 1.50. The topological polar surface area (TPSA) is 140 Å². The van der Waals surface area contributed by atoms with Gasteiger partial charge in [-0.25, -0.2) is 0 Å². The highest BCUT2D eigenvalue weighted by atomic mass is 14.0. The molecule has 0 spiro atoms. The number of rotatable bonds is 0. The molecule has 1 saturated carbocycles. The summed E-state index contributed by atoms with van der Waals surface area (Å²) in [5.41, 5.74) is 0. The van der Waals surface area contributed by atoms with E-state index < -0.39 is 0 Å². The predicted molar refractivity (Wildman–Crippen MR) is 75.5 cm³/mol. The first-order chi connectivity index (χ1) is 6.00. The van der Waals surface area contributed by atoms with Crippen LogP contribution < -0.4 is 24.6 Å². The molecule has 0 aromatic heterocycles. The Kier molecular flexibility index (Phi) is 31.5. The lowest BCUT2D eigenvalue weighted by Crippen LogP contribution is -1.85. The van der Waals surface area contributed by atoms with Gasteiger partial charge in [0.2, 0.25) is 0 Å². The van der Waals surface area contributed by atoms with Gasteiger partial charge in [0, 0.05) is 0 Å². The largest absolute Gasteiger partial charge is 0.344 e. The molecule has 0 bridgehead atoms. The van der Waals surface area contributed by atoms with Crippen molar-refractivity contribution in [1.29, 1.82) is 0 Å². The predicted octanol–water partition coefficient (Wildman–Crippen LogP) is 5.33. The lowest BCUT2D eigenvalue weighted by molar-refractivity contribution is 0.504. The van der Waals surface area contributed by atoms with E-state index in [9.17, 15) is 0 Å². The summed E-state index contributed by atoms with van der Waals surface area (Å²) in [6.07, 6.45) is 18.0. The molecule has 0 aromatic carbocycles. The zero-order chi connectivity index (χ0) is 8.49. The molecule has 104 valence electrons. The van der Waals surface area contributed by atoms with Gasteiger partial charge in [0.15, 0.2) is 0 Å². The van der Waals surface area contributed by atoms with Crippen LogP contribution in [-0.2, 0) is 0 Å². The van der Waals surface area contributed by atoms with Crippen molar-refractivity contribution < 1.29 is 0 Å². The van der Waals surface area contributed by atoms with Crippen LogP contribution in [0.2, 0.25) is 0 Å². The Morgan fingerprint density at radius 3 is 0.312 bits per heavy atom. The Bertz CT molecular complexity index is 56.0. The molecular formula is C12H36N4. The van der Waals surface area contributed by atoms with E-state index in [-0.39, 0.29) is 24.6 Å². The Balaban J connectivity index is -0.000000180. The normalized spacial score (nSPS) is 18.0. The molecule has 0 radical (unpaired) electrons. The standard InChI is InChI=1S/C12H24.4H3N/c1-2-4-6-8-10-12-11-9-7-5-3-1;;;;/h1-12H2;4*1H3. The van der Waals surface area contributed by atoms with Crippen molar-refractivity contribution in [3.8, 4) is 0 Å².